The van der Waals surface area contributed by atoms with Crippen LogP contribution in [0.15, 0.2) is 90.9 Å². The van der Waals surface area contributed by atoms with Gasteiger partial charge in [-0.05, 0) is 53.9 Å². The number of ether oxygens (including phenoxy) is 1. The maximum absolute atomic E-state index is 12.1. The van der Waals surface area contributed by atoms with Crippen molar-refractivity contribution in [3.63, 3.8) is 0 Å². The molecule has 0 fully saturated rings. The highest BCUT2D eigenvalue weighted by atomic mass is 32.2. The lowest BCUT2D eigenvalue weighted by atomic mass is 10.1. The Balaban J connectivity index is 1.82. The normalized spacial score (nSPS) is 12.2. The van der Waals surface area contributed by atoms with Crippen molar-refractivity contribution in [3.8, 4) is 11.5 Å². The lowest BCUT2D eigenvalue weighted by Crippen LogP contribution is -2.01. The van der Waals surface area contributed by atoms with E-state index in [-0.39, 0.29) is 45.6 Å². The third kappa shape index (κ3) is 6.36. The van der Waals surface area contributed by atoms with E-state index in [0.29, 0.717) is 0 Å². The summed E-state index contributed by atoms with van der Waals surface area (Å²) < 4.78 is 70.2. The molecular formula is C24H17N5O11S2. The minimum Gasteiger partial charge on any atom is -0.505 e. The molecule has 0 aromatic heterocycles. The summed E-state index contributed by atoms with van der Waals surface area (Å²) in [6, 6.07) is 11.2. The van der Waals surface area contributed by atoms with E-state index >= 15 is 0 Å². The number of phenols is 1. The number of rotatable bonds is 9. The summed E-state index contributed by atoms with van der Waals surface area (Å²) in [6.45, 7) is 0.0875. The zero-order chi connectivity index (χ0) is 30.8. The van der Waals surface area contributed by atoms with Gasteiger partial charge < -0.3 is 20.7 Å². The van der Waals surface area contributed by atoms with E-state index in [1.165, 1.54) is 18.2 Å². The van der Waals surface area contributed by atoms with E-state index in [1.54, 1.807) is 0 Å². The Morgan fingerprint density at radius 1 is 0.833 bits per heavy atom. The summed E-state index contributed by atoms with van der Waals surface area (Å²) in [6.07, 6.45) is 0. The number of carbonyl (C=O) groups is 2. The Bertz CT molecular complexity index is 2030. The second kappa shape index (κ2) is 11.3. The summed E-state index contributed by atoms with van der Waals surface area (Å²) in [5.41, 5.74) is 4.63. The quantitative estimate of drug-likeness (QED) is 0.0743. The molecule has 4 rings (SSSR count). The fourth-order valence-corrected chi connectivity index (χ4v) is 4.78. The van der Waals surface area contributed by atoms with Crippen molar-refractivity contribution in [1.29, 1.82) is 0 Å². The number of nitrogen functional groups attached to an aromatic ring is 1. The largest absolute Gasteiger partial charge is 0.505 e. The molecule has 0 bridgehead atoms. The fraction of sp³-hybridized carbons (Fsp3) is 0. The first kappa shape index (κ1) is 29.7. The zero-order valence-corrected chi connectivity index (χ0v) is 22.3. The summed E-state index contributed by atoms with van der Waals surface area (Å²) in [5.74, 6) is -2.07. The lowest BCUT2D eigenvalue weighted by molar-refractivity contribution is -0.120. The van der Waals surface area contributed by atoms with Crippen LogP contribution in [0.5, 0.6) is 11.5 Å². The molecule has 6 N–H and O–H groups in total. The van der Waals surface area contributed by atoms with E-state index < -0.39 is 53.1 Å². The van der Waals surface area contributed by atoms with Crippen molar-refractivity contribution in [2.75, 3.05) is 5.73 Å². The highest BCUT2D eigenvalue weighted by Crippen LogP contribution is 2.45. The molecular weight excluding hydrogens is 598 g/mol. The minimum absolute atomic E-state index is 0.0106. The van der Waals surface area contributed by atoms with Gasteiger partial charge in [0.05, 0.1) is 32.9 Å². The fourth-order valence-electron chi connectivity index (χ4n) is 3.63. The standard InChI is InChI=1S/C24H17N5O11S2/c25-21-20-12(1-6-18(23(20)31)28-27-15-7-13(24(32)33)8-16(10-15)40-11-30)9-19(42(37,38)39)22(21)29-26-14-2-4-17(5-3-14)41(34,35)36/h1-11,31H,25H2,(H,32,33)(H,34,35,36)(H,37,38,39). The molecule has 0 heterocycles. The van der Waals surface area contributed by atoms with Crippen LogP contribution in [0.4, 0.5) is 28.4 Å². The summed E-state index contributed by atoms with van der Waals surface area (Å²) in [5, 5.41) is 35.4. The first-order valence-corrected chi connectivity index (χ1v) is 14.0. The van der Waals surface area contributed by atoms with Crippen molar-refractivity contribution >= 4 is 71.9 Å². The molecule has 0 spiro atoms. The van der Waals surface area contributed by atoms with E-state index in [2.05, 4.69) is 25.2 Å². The van der Waals surface area contributed by atoms with Crippen LogP contribution >= 0.6 is 0 Å². The minimum atomic E-state index is -4.92. The predicted octanol–water partition coefficient (Wildman–Crippen LogP) is 4.69. The second-order valence-electron chi connectivity index (χ2n) is 8.25. The second-order valence-corrected chi connectivity index (χ2v) is 11.1. The number of carboxylic acids is 1. The van der Waals surface area contributed by atoms with Crippen molar-refractivity contribution in [2.24, 2.45) is 20.5 Å². The Morgan fingerprint density at radius 3 is 2.10 bits per heavy atom. The van der Waals surface area contributed by atoms with Gasteiger partial charge in [-0.1, -0.05) is 6.07 Å². The molecule has 216 valence electrons. The molecule has 0 aliphatic carbocycles. The average Bonchev–Trinajstić information content (AvgIpc) is 2.91. The molecule has 0 saturated carbocycles. The number of anilines is 1. The van der Waals surface area contributed by atoms with Crippen LogP contribution < -0.4 is 10.5 Å². The van der Waals surface area contributed by atoms with E-state index in [4.69, 9.17) is 10.3 Å². The maximum atomic E-state index is 12.1. The van der Waals surface area contributed by atoms with Gasteiger partial charge in [0.15, 0.2) is 5.75 Å². The van der Waals surface area contributed by atoms with Crippen LogP contribution in [-0.4, -0.2) is 48.6 Å². The molecule has 4 aromatic rings. The van der Waals surface area contributed by atoms with Crippen LogP contribution in [-0.2, 0) is 25.0 Å². The molecule has 18 heteroatoms. The van der Waals surface area contributed by atoms with Crippen molar-refractivity contribution in [3.05, 3.63) is 66.2 Å². The smallest absolute Gasteiger partial charge is 0.335 e. The van der Waals surface area contributed by atoms with Crippen LogP contribution in [0, 0.1) is 0 Å². The number of aromatic hydroxyl groups is 1. The zero-order valence-electron chi connectivity index (χ0n) is 20.7. The van der Waals surface area contributed by atoms with Crippen LogP contribution in [0.2, 0.25) is 0 Å². The number of carboxylic acid groups (broad SMARTS) is 1. The molecule has 0 amide bonds. The molecule has 0 radical (unpaired) electrons. The monoisotopic (exact) mass is 615 g/mol. The number of azo groups is 2. The molecule has 42 heavy (non-hydrogen) atoms. The Labute approximate surface area is 235 Å². The van der Waals surface area contributed by atoms with Gasteiger partial charge in [0, 0.05) is 6.07 Å². The first-order valence-electron chi connectivity index (χ1n) is 11.1. The number of benzene rings is 4. The number of nitrogens with zero attached hydrogens (tertiary/aromatic N) is 4. The molecule has 0 saturated heterocycles. The molecule has 0 aliphatic rings. The number of hydrogen-bond donors (Lipinski definition) is 5. The topological polar surface area (TPSA) is 268 Å². The first-order chi connectivity index (χ1) is 19.7. The summed E-state index contributed by atoms with van der Waals surface area (Å²) >= 11 is 0. The molecule has 16 nitrogen and oxygen atoms in total. The molecule has 4 aromatic carbocycles. The molecule has 0 aliphatic heterocycles. The van der Waals surface area contributed by atoms with Gasteiger partial charge in [-0.2, -0.15) is 27.1 Å². The van der Waals surface area contributed by atoms with Gasteiger partial charge >= 0.3 is 5.97 Å². The average molecular weight is 616 g/mol. The van der Waals surface area contributed by atoms with Crippen molar-refractivity contribution in [2.45, 2.75) is 9.79 Å². The van der Waals surface area contributed by atoms with Gasteiger partial charge in [-0.25, -0.2) is 4.79 Å². The molecule has 0 atom stereocenters. The van der Waals surface area contributed by atoms with E-state index in [9.17, 15) is 41.2 Å². The number of hydrogen-bond acceptors (Lipinski definition) is 13. The summed E-state index contributed by atoms with van der Waals surface area (Å²) in [7, 11) is -9.40. The summed E-state index contributed by atoms with van der Waals surface area (Å²) in [4.78, 5) is 20.9. The Kier molecular flexibility index (Phi) is 7.98. The predicted molar refractivity (Wildman–Crippen MR) is 145 cm³/mol. The van der Waals surface area contributed by atoms with Gasteiger partial charge in [-0.3, -0.25) is 13.9 Å². The van der Waals surface area contributed by atoms with E-state index in [0.717, 1.165) is 42.5 Å². The van der Waals surface area contributed by atoms with Crippen LogP contribution in [0.3, 0.4) is 0 Å². The van der Waals surface area contributed by atoms with Crippen LogP contribution in [0.25, 0.3) is 10.8 Å². The van der Waals surface area contributed by atoms with Gasteiger partial charge in [0.2, 0.25) is 0 Å². The highest BCUT2D eigenvalue weighted by Gasteiger charge is 2.23. The lowest BCUT2D eigenvalue weighted by Gasteiger charge is -2.12. The number of aromatic carboxylic acids is 1. The number of carbonyl (C=O) groups excluding carboxylic acids is 1. The molecule has 0 unspecified atom stereocenters. The van der Waals surface area contributed by atoms with Gasteiger partial charge in [-0.15, -0.1) is 10.2 Å². The van der Waals surface area contributed by atoms with Crippen molar-refractivity contribution < 1.29 is 50.5 Å². The number of nitrogens with two attached hydrogens (primary N) is 1. The van der Waals surface area contributed by atoms with Crippen molar-refractivity contribution in [1.82, 2.24) is 0 Å². The Hall–Kier alpha value is -5.30. The Morgan fingerprint density at radius 2 is 1.50 bits per heavy atom. The van der Waals surface area contributed by atoms with Crippen LogP contribution in [0.1, 0.15) is 10.4 Å². The third-order valence-corrected chi connectivity index (χ3v) is 7.24. The number of fused-ring (bicyclic) bond motifs is 1. The van der Waals surface area contributed by atoms with Gasteiger partial charge in [0.1, 0.15) is 22.0 Å². The van der Waals surface area contributed by atoms with E-state index in [1.807, 2.05) is 0 Å². The highest BCUT2D eigenvalue weighted by molar-refractivity contribution is 7.86. The SMILES string of the molecule is Nc1c(N=Nc2ccc(S(=O)(=O)O)cc2)c(S(=O)(=O)O)cc2ccc(N=Nc3cc(OC=O)cc(C(=O)O)c3)c(O)c12. The number of phenolic OH excluding ortho intramolecular Hbond substituents is 1. The third-order valence-electron chi connectivity index (χ3n) is 5.51. The maximum Gasteiger partial charge on any atom is 0.335 e. The van der Waals surface area contributed by atoms with Gasteiger partial charge in [0.25, 0.3) is 26.7 Å².